The number of aromatic carboxylic acids is 1. The maximum absolute atomic E-state index is 11.1. The lowest BCUT2D eigenvalue weighted by atomic mass is 9.99. The Labute approximate surface area is 111 Å². The monoisotopic (exact) mass is 254 g/mol. The third-order valence-corrected chi connectivity index (χ3v) is 2.88. The van der Waals surface area contributed by atoms with E-state index in [2.05, 4.69) is 9.97 Å². The van der Waals surface area contributed by atoms with Gasteiger partial charge in [0.25, 0.3) is 0 Å². The summed E-state index contributed by atoms with van der Waals surface area (Å²) in [4.78, 5) is 19.0. The van der Waals surface area contributed by atoms with Crippen LogP contribution in [0.2, 0.25) is 0 Å². The molecule has 1 aromatic carbocycles. The summed E-state index contributed by atoms with van der Waals surface area (Å²) in [5, 5.41) is 9.12. The molecule has 0 saturated heterocycles. The number of rotatable bonds is 3. The van der Waals surface area contributed by atoms with Crippen molar-refractivity contribution in [1.29, 1.82) is 0 Å². The minimum absolute atomic E-state index is 0.327. The van der Waals surface area contributed by atoms with Crippen molar-refractivity contribution < 1.29 is 9.90 Å². The minimum Gasteiger partial charge on any atom is -0.478 e. The Morgan fingerprint density at radius 2 is 2.00 bits per heavy atom. The molecule has 4 nitrogen and oxygen atoms in total. The summed E-state index contributed by atoms with van der Waals surface area (Å²) in [6.45, 7) is 3.76. The normalized spacial score (nSPS) is 10.8. The number of hydrogen-bond acceptors (Lipinski definition) is 3. The van der Waals surface area contributed by atoms with Gasteiger partial charge in [-0.1, -0.05) is 12.1 Å². The third kappa shape index (κ3) is 3.04. The van der Waals surface area contributed by atoms with Gasteiger partial charge in [-0.25, -0.2) is 14.8 Å². The Morgan fingerprint density at radius 1 is 1.21 bits per heavy atom. The predicted molar refractivity (Wildman–Crippen MR) is 73.8 cm³/mol. The van der Waals surface area contributed by atoms with Gasteiger partial charge in [0.05, 0.1) is 11.3 Å². The molecular weight excluding hydrogens is 240 g/mol. The van der Waals surface area contributed by atoms with Gasteiger partial charge < -0.3 is 5.11 Å². The molecule has 2 rings (SSSR count). The number of carboxylic acids is 1. The fraction of sp³-hybridized carbons (Fsp3) is 0.133. The number of carboxylic acid groups (broad SMARTS) is 1. The SMILES string of the molecule is Cc1cc(C)c(C(=O)O)cc1/C=C/c1ccncn1. The van der Waals surface area contributed by atoms with Crippen LogP contribution in [0.4, 0.5) is 0 Å². The molecule has 2 aromatic rings. The molecule has 1 heterocycles. The number of carbonyl (C=O) groups is 1. The van der Waals surface area contributed by atoms with Crippen LogP contribution in [0.25, 0.3) is 12.2 Å². The fourth-order valence-electron chi connectivity index (χ4n) is 1.85. The van der Waals surface area contributed by atoms with Crippen LogP contribution in [0, 0.1) is 13.8 Å². The number of benzene rings is 1. The van der Waals surface area contributed by atoms with E-state index in [4.69, 9.17) is 5.11 Å². The van der Waals surface area contributed by atoms with E-state index in [9.17, 15) is 4.79 Å². The molecule has 1 N–H and O–H groups in total. The first-order valence-corrected chi connectivity index (χ1v) is 5.86. The second kappa shape index (κ2) is 5.44. The van der Waals surface area contributed by atoms with Crippen molar-refractivity contribution in [2.24, 2.45) is 0 Å². The van der Waals surface area contributed by atoms with Gasteiger partial charge in [-0.05, 0) is 48.7 Å². The zero-order valence-corrected chi connectivity index (χ0v) is 10.8. The van der Waals surface area contributed by atoms with Crippen LogP contribution < -0.4 is 0 Å². The van der Waals surface area contributed by atoms with Crippen molar-refractivity contribution in [3.63, 3.8) is 0 Å². The van der Waals surface area contributed by atoms with Crippen molar-refractivity contribution in [1.82, 2.24) is 9.97 Å². The Bertz CT molecular complexity index is 634. The van der Waals surface area contributed by atoms with Crippen LogP contribution in [-0.2, 0) is 0 Å². The topological polar surface area (TPSA) is 63.1 Å². The molecular formula is C15H14N2O2. The number of nitrogens with zero attached hydrogens (tertiary/aromatic N) is 2. The van der Waals surface area contributed by atoms with Crippen LogP contribution in [-0.4, -0.2) is 21.0 Å². The molecule has 1 aromatic heterocycles. The van der Waals surface area contributed by atoms with Gasteiger partial charge in [0.2, 0.25) is 0 Å². The van der Waals surface area contributed by atoms with Gasteiger partial charge in [0.15, 0.2) is 0 Å². The molecule has 0 unspecified atom stereocenters. The maximum Gasteiger partial charge on any atom is 0.335 e. The van der Waals surface area contributed by atoms with E-state index in [1.165, 1.54) is 6.33 Å². The van der Waals surface area contributed by atoms with E-state index in [1.54, 1.807) is 25.3 Å². The molecule has 0 atom stereocenters. The first-order valence-electron chi connectivity index (χ1n) is 5.86. The summed E-state index contributed by atoms with van der Waals surface area (Å²) in [7, 11) is 0. The number of hydrogen-bond donors (Lipinski definition) is 1. The summed E-state index contributed by atoms with van der Waals surface area (Å²) in [5.41, 5.74) is 3.79. The van der Waals surface area contributed by atoms with E-state index < -0.39 is 5.97 Å². The molecule has 0 aliphatic rings. The minimum atomic E-state index is -0.908. The standard InChI is InChI=1S/C15H14N2O2/c1-10-7-11(2)14(15(18)19)8-12(10)3-4-13-5-6-16-9-17-13/h3-9H,1-2H3,(H,18,19)/b4-3+. The molecule has 0 saturated carbocycles. The molecule has 0 fully saturated rings. The quantitative estimate of drug-likeness (QED) is 0.914. The first kappa shape index (κ1) is 13.0. The highest BCUT2D eigenvalue weighted by molar-refractivity contribution is 5.90. The van der Waals surface area contributed by atoms with E-state index in [1.807, 2.05) is 25.1 Å². The van der Waals surface area contributed by atoms with Crippen molar-refractivity contribution in [3.8, 4) is 0 Å². The van der Waals surface area contributed by atoms with E-state index in [0.29, 0.717) is 5.56 Å². The highest BCUT2D eigenvalue weighted by Crippen LogP contribution is 2.18. The molecule has 0 spiro atoms. The molecule has 0 aliphatic heterocycles. The molecule has 4 heteroatoms. The van der Waals surface area contributed by atoms with Crippen LogP contribution in [0.5, 0.6) is 0 Å². The van der Waals surface area contributed by atoms with Crippen LogP contribution in [0.3, 0.4) is 0 Å². The third-order valence-electron chi connectivity index (χ3n) is 2.88. The molecule has 0 amide bonds. The zero-order chi connectivity index (χ0) is 13.8. The molecule has 19 heavy (non-hydrogen) atoms. The number of aromatic nitrogens is 2. The van der Waals surface area contributed by atoms with E-state index >= 15 is 0 Å². The molecule has 0 radical (unpaired) electrons. The smallest absolute Gasteiger partial charge is 0.335 e. The van der Waals surface area contributed by atoms with Crippen molar-refractivity contribution >= 4 is 18.1 Å². The molecule has 96 valence electrons. The summed E-state index contributed by atoms with van der Waals surface area (Å²) in [6, 6.07) is 5.35. The lowest BCUT2D eigenvalue weighted by Crippen LogP contribution is -2.01. The highest BCUT2D eigenvalue weighted by Gasteiger charge is 2.08. The summed E-state index contributed by atoms with van der Waals surface area (Å²) in [6.07, 6.45) is 6.84. The van der Waals surface area contributed by atoms with Crippen LogP contribution >= 0.6 is 0 Å². The van der Waals surface area contributed by atoms with Gasteiger partial charge in [-0.3, -0.25) is 0 Å². The summed E-state index contributed by atoms with van der Waals surface area (Å²) < 4.78 is 0. The Balaban J connectivity index is 2.38. The van der Waals surface area contributed by atoms with Gasteiger partial charge in [-0.15, -0.1) is 0 Å². The lowest BCUT2D eigenvalue weighted by Gasteiger charge is -2.06. The van der Waals surface area contributed by atoms with Crippen molar-refractivity contribution in [2.45, 2.75) is 13.8 Å². The van der Waals surface area contributed by atoms with Gasteiger partial charge >= 0.3 is 5.97 Å². The van der Waals surface area contributed by atoms with E-state index in [-0.39, 0.29) is 0 Å². The molecule has 0 bridgehead atoms. The van der Waals surface area contributed by atoms with Gasteiger partial charge in [0.1, 0.15) is 6.33 Å². The Kier molecular flexibility index (Phi) is 3.71. The van der Waals surface area contributed by atoms with E-state index in [0.717, 1.165) is 22.4 Å². The average molecular weight is 254 g/mol. The highest BCUT2D eigenvalue weighted by atomic mass is 16.4. The lowest BCUT2D eigenvalue weighted by molar-refractivity contribution is 0.0696. The van der Waals surface area contributed by atoms with Crippen molar-refractivity contribution in [2.75, 3.05) is 0 Å². The van der Waals surface area contributed by atoms with Crippen molar-refractivity contribution in [3.05, 3.63) is 58.7 Å². The second-order valence-electron chi connectivity index (χ2n) is 4.30. The number of aryl methyl sites for hydroxylation is 2. The second-order valence-corrected chi connectivity index (χ2v) is 4.30. The predicted octanol–water partition coefficient (Wildman–Crippen LogP) is 2.96. The zero-order valence-electron chi connectivity index (χ0n) is 10.8. The Hall–Kier alpha value is -2.49. The molecule has 0 aliphatic carbocycles. The Morgan fingerprint density at radius 3 is 2.63 bits per heavy atom. The van der Waals surface area contributed by atoms with Gasteiger partial charge in [0, 0.05) is 6.20 Å². The maximum atomic E-state index is 11.1. The first-order chi connectivity index (χ1) is 9.08. The largest absolute Gasteiger partial charge is 0.478 e. The van der Waals surface area contributed by atoms with Gasteiger partial charge in [-0.2, -0.15) is 0 Å². The van der Waals surface area contributed by atoms with Crippen LogP contribution in [0.15, 0.2) is 30.7 Å². The summed E-state index contributed by atoms with van der Waals surface area (Å²) in [5.74, 6) is -0.908. The average Bonchev–Trinajstić information content (AvgIpc) is 2.38. The summed E-state index contributed by atoms with van der Waals surface area (Å²) >= 11 is 0. The fourth-order valence-corrected chi connectivity index (χ4v) is 1.85. The van der Waals surface area contributed by atoms with Crippen LogP contribution in [0.1, 0.15) is 32.7 Å².